The van der Waals surface area contributed by atoms with Crippen LogP contribution in [0.2, 0.25) is 0 Å². The molecular weight excluding hydrogens is 318 g/mol. The van der Waals surface area contributed by atoms with Crippen LogP contribution in [0.15, 0.2) is 18.2 Å². The van der Waals surface area contributed by atoms with Crippen LogP contribution in [0.25, 0.3) is 0 Å². The number of para-hydroxylation sites is 1. The lowest BCUT2D eigenvalue weighted by Gasteiger charge is -2.14. The van der Waals surface area contributed by atoms with Crippen molar-refractivity contribution >= 4 is 40.4 Å². The van der Waals surface area contributed by atoms with Crippen molar-refractivity contribution in [3.8, 4) is 0 Å². The monoisotopic (exact) mass is 335 g/mol. The Labute approximate surface area is 137 Å². The van der Waals surface area contributed by atoms with Gasteiger partial charge in [0, 0.05) is 18.8 Å². The molecule has 1 fully saturated rings. The maximum absolute atomic E-state index is 11.9. The Kier molecular flexibility index (Phi) is 5.38. The number of benzene rings is 1. The molecule has 2 rings (SSSR count). The molecule has 1 aromatic carbocycles. The third-order valence-corrected chi connectivity index (χ3v) is 4.25. The summed E-state index contributed by atoms with van der Waals surface area (Å²) >= 11 is 0.929. The maximum atomic E-state index is 11.9. The molecule has 122 valence electrons. The fourth-order valence-electron chi connectivity index (χ4n) is 2.14. The van der Waals surface area contributed by atoms with Gasteiger partial charge in [0.15, 0.2) is 0 Å². The van der Waals surface area contributed by atoms with Crippen molar-refractivity contribution in [2.45, 2.75) is 13.8 Å². The molecule has 4 amide bonds. The highest BCUT2D eigenvalue weighted by Crippen LogP contribution is 2.19. The molecule has 0 aliphatic carbocycles. The zero-order valence-electron chi connectivity index (χ0n) is 12.8. The molecule has 1 heterocycles. The van der Waals surface area contributed by atoms with Crippen LogP contribution >= 0.6 is 11.8 Å². The first-order chi connectivity index (χ1) is 10.9. The molecule has 0 atom stereocenters. The molecule has 1 saturated heterocycles. The Hall–Kier alpha value is -2.35. The van der Waals surface area contributed by atoms with Gasteiger partial charge in [0.1, 0.15) is 0 Å². The van der Waals surface area contributed by atoms with E-state index in [-0.39, 0.29) is 30.0 Å². The van der Waals surface area contributed by atoms with E-state index < -0.39 is 11.8 Å². The molecule has 1 aromatic rings. The van der Waals surface area contributed by atoms with Gasteiger partial charge in [-0.3, -0.25) is 24.1 Å². The van der Waals surface area contributed by atoms with Crippen LogP contribution < -0.4 is 10.6 Å². The number of aryl methyl sites for hydroxylation is 2. The van der Waals surface area contributed by atoms with Crippen molar-refractivity contribution in [1.29, 1.82) is 0 Å². The summed E-state index contributed by atoms with van der Waals surface area (Å²) in [6, 6.07) is 5.54. The first-order valence-corrected chi connectivity index (χ1v) is 8.01. The van der Waals surface area contributed by atoms with E-state index in [4.69, 9.17) is 0 Å². The molecule has 23 heavy (non-hydrogen) atoms. The quantitative estimate of drug-likeness (QED) is 0.802. The average Bonchev–Trinajstić information content (AvgIpc) is 2.82. The summed E-state index contributed by atoms with van der Waals surface area (Å²) in [5, 5.41) is 4.65. The van der Waals surface area contributed by atoms with Crippen LogP contribution in [0.3, 0.4) is 0 Å². The summed E-state index contributed by atoms with van der Waals surface area (Å²) < 4.78 is 0. The summed E-state index contributed by atoms with van der Waals surface area (Å²) in [4.78, 5) is 47.5. The van der Waals surface area contributed by atoms with Gasteiger partial charge in [-0.2, -0.15) is 0 Å². The summed E-state index contributed by atoms with van der Waals surface area (Å²) in [6.07, 6.45) is 0. The van der Waals surface area contributed by atoms with E-state index in [0.29, 0.717) is 5.69 Å². The topological polar surface area (TPSA) is 95.6 Å². The van der Waals surface area contributed by atoms with Gasteiger partial charge in [0.25, 0.3) is 5.24 Å². The molecule has 2 N–H and O–H groups in total. The van der Waals surface area contributed by atoms with Gasteiger partial charge < -0.3 is 10.6 Å². The Morgan fingerprint density at radius 2 is 1.83 bits per heavy atom. The minimum Gasteiger partial charge on any atom is -0.346 e. The fourth-order valence-corrected chi connectivity index (χ4v) is 2.89. The molecule has 7 nitrogen and oxygen atoms in total. The SMILES string of the molecule is Cc1cccc(C)c1NC(=O)C(=O)NCCN1C(=O)CSC1=O. The largest absolute Gasteiger partial charge is 0.346 e. The van der Waals surface area contributed by atoms with Crippen molar-refractivity contribution in [3.05, 3.63) is 29.3 Å². The number of hydrogen-bond acceptors (Lipinski definition) is 5. The van der Waals surface area contributed by atoms with E-state index in [1.165, 1.54) is 0 Å². The third-order valence-electron chi connectivity index (χ3n) is 3.39. The molecule has 0 bridgehead atoms. The summed E-state index contributed by atoms with van der Waals surface area (Å²) in [5.74, 6) is -1.75. The molecule has 1 aliphatic rings. The molecule has 0 saturated carbocycles. The smallest absolute Gasteiger partial charge is 0.313 e. The van der Waals surface area contributed by atoms with Gasteiger partial charge in [-0.15, -0.1) is 0 Å². The zero-order chi connectivity index (χ0) is 17.0. The fraction of sp³-hybridized carbons (Fsp3) is 0.333. The van der Waals surface area contributed by atoms with Crippen LogP contribution in [0.4, 0.5) is 10.5 Å². The van der Waals surface area contributed by atoms with Crippen molar-refractivity contribution in [3.63, 3.8) is 0 Å². The van der Waals surface area contributed by atoms with Gasteiger partial charge in [-0.1, -0.05) is 30.0 Å². The van der Waals surface area contributed by atoms with Crippen molar-refractivity contribution in [1.82, 2.24) is 10.2 Å². The van der Waals surface area contributed by atoms with Gasteiger partial charge in [0.2, 0.25) is 5.91 Å². The maximum Gasteiger partial charge on any atom is 0.313 e. The summed E-state index contributed by atoms with van der Waals surface area (Å²) in [5.41, 5.74) is 2.32. The second-order valence-corrected chi connectivity index (χ2v) is 6.00. The number of hydrogen-bond donors (Lipinski definition) is 2. The highest BCUT2D eigenvalue weighted by atomic mass is 32.2. The third kappa shape index (κ3) is 4.10. The summed E-state index contributed by atoms with van der Waals surface area (Å²) in [7, 11) is 0. The normalized spacial score (nSPS) is 14.1. The lowest BCUT2D eigenvalue weighted by atomic mass is 10.1. The Balaban J connectivity index is 1.85. The van der Waals surface area contributed by atoms with E-state index in [9.17, 15) is 19.2 Å². The van der Waals surface area contributed by atoms with Crippen LogP contribution in [-0.4, -0.2) is 46.7 Å². The first kappa shape index (κ1) is 17.0. The summed E-state index contributed by atoms with van der Waals surface area (Å²) in [6.45, 7) is 3.77. The number of anilines is 1. The number of imide groups is 1. The Morgan fingerprint density at radius 3 is 2.39 bits per heavy atom. The average molecular weight is 335 g/mol. The lowest BCUT2D eigenvalue weighted by molar-refractivity contribution is -0.136. The highest BCUT2D eigenvalue weighted by Gasteiger charge is 2.29. The van der Waals surface area contributed by atoms with Gasteiger partial charge in [-0.25, -0.2) is 0 Å². The van der Waals surface area contributed by atoms with Gasteiger partial charge in [-0.05, 0) is 25.0 Å². The van der Waals surface area contributed by atoms with Crippen molar-refractivity contribution < 1.29 is 19.2 Å². The van der Waals surface area contributed by atoms with E-state index in [1.54, 1.807) is 0 Å². The number of carbonyl (C=O) groups excluding carboxylic acids is 4. The first-order valence-electron chi connectivity index (χ1n) is 7.02. The van der Waals surface area contributed by atoms with E-state index >= 15 is 0 Å². The van der Waals surface area contributed by atoms with Crippen LogP contribution in [0.5, 0.6) is 0 Å². The lowest BCUT2D eigenvalue weighted by Crippen LogP contribution is -2.41. The van der Waals surface area contributed by atoms with Crippen molar-refractivity contribution in [2.75, 3.05) is 24.2 Å². The van der Waals surface area contributed by atoms with Crippen LogP contribution in [0, 0.1) is 13.8 Å². The molecule has 0 spiro atoms. The van der Waals surface area contributed by atoms with Crippen LogP contribution in [0.1, 0.15) is 11.1 Å². The van der Waals surface area contributed by atoms with Crippen LogP contribution in [-0.2, 0) is 14.4 Å². The molecule has 0 radical (unpaired) electrons. The molecule has 1 aliphatic heterocycles. The molecule has 0 unspecified atom stereocenters. The van der Waals surface area contributed by atoms with Gasteiger partial charge in [0.05, 0.1) is 5.75 Å². The zero-order valence-corrected chi connectivity index (χ0v) is 13.7. The van der Waals surface area contributed by atoms with E-state index in [0.717, 1.165) is 27.8 Å². The van der Waals surface area contributed by atoms with Gasteiger partial charge >= 0.3 is 11.8 Å². The number of nitrogens with one attached hydrogen (secondary N) is 2. The Bertz CT molecular complexity index is 638. The predicted molar refractivity (Wildman–Crippen MR) is 87.1 cm³/mol. The number of thioether (sulfide) groups is 1. The molecular formula is C15H17N3O4S. The highest BCUT2D eigenvalue weighted by molar-refractivity contribution is 8.14. The predicted octanol–water partition coefficient (Wildman–Crippen LogP) is 1.05. The minimum absolute atomic E-state index is 0.0387. The van der Waals surface area contributed by atoms with E-state index in [2.05, 4.69) is 10.6 Å². The number of carbonyl (C=O) groups is 4. The molecule has 8 heteroatoms. The number of rotatable bonds is 4. The minimum atomic E-state index is -0.806. The second-order valence-electron chi connectivity index (χ2n) is 5.08. The number of nitrogens with zero attached hydrogens (tertiary/aromatic N) is 1. The van der Waals surface area contributed by atoms with Crippen molar-refractivity contribution in [2.24, 2.45) is 0 Å². The van der Waals surface area contributed by atoms with E-state index in [1.807, 2.05) is 32.0 Å². The molecule has 0 aromatic heterocycles. The Morgan fingerprint density at radius 1 is 1.17 bits per heavy atom. The second kappa shape index (κ2) is 7.28. The number of amides is 4. The standard InChI is InChI=1S/C15H17N3O4S/c1-9-4-3-5-10(2)12(9)17-14(21)13(20)16-6-7-18-11(19)8-23-15(18)22/h3-5H,6-8H2,1-2H3,(H,16,20)(H,17,21).